The van der Waals surface area contributed by atoms with Crippen LogP contribution in [0.2, 0.25) is 0 Å². The van der Waals surface area contributed by atoms with Crippen LogP contribution in [0.4, 0.5) is 0 Å². The third-order valence-corrected chi connectivity index (χ3v) is 3.55. The molecule has 0 saturated carbocycles. The zero-order chi connectivity index (χ0) is 13.4. The van der Waals surface area contributed by atoms with Gasteiger partial charge >= 0.3 is 0 Å². The van der Waals surface area contributed by atoms with Gasteiger partial charge in [-0.25, -0.2) is 0 Å². The molecular weight excluding hydrogens is 236 g/mol. The Balaban J connectivity index is 2.18. The van der Waals surface area contributed by atoms with Gasteiger partial charge in [0, 0.05) is 17.7 Å². The third-order valence-electron chi connectivity index (χ3n) is 3.55. The summed E-state index contributed by atoms with van der Waals surface area (Å²) in [5.41, 5.74) is 5.07. The fourth-order valence-electron chi connectivity index (χ4n) is 2.56. The summed E-state index contributed by atoms with van der Waals surface area (Å²) in [4.78, 5) is 12.5. The van der Waals surface area contributed by atoms with Gasteiger partial charge in [0.15, 0.2) is 5.78 Å². The lowest BCUT2D eigenvalue weighted by molar-refractivity contribution is 0.103. The number of carbonyl (C=O) groups excluding carboxylic acids is 1. The van der Waals surface area contributed by atoms with Crippen LogP contribution in [0, 0.1) is 0 Å². The van der Waals surface area contributed by atoms with E-state index in [1.54, 1.807) is 0 Å². The number of ketones is 1. The first-order valence-corrected chi connectivity index (χ1v) is 6.29. The highest BCUT2D eigenvalue weighted by Gasteiger charge is 2.25. The predicted octanol–water partition coefficient (Wildman–Crippen LogP) is 2.83. The van der Waals surface area contributed by atoms with E-state index >= 15 is 0 Å². The lowest BCUT2D eigenvalue weighted by Gasteiger charge is -2.21. The average molecular weight is 250 g/mol. The Kier molecular flexibility index (Phi) is 2.80. The van der Waals surface area contributed by atoms with Gasteiger partial charge in [-0.1, -0.05) is 43.0 Å². The topological polar surface area (TPSA) is 37.3 Å². The maximum Gasteiger partial charge on any atom is 0.194 e. The minimum atomic E-state index is 0.0396. The number of fused-ring (bicyclic) bond motifs is 2. The van der Waals surface area contributed by atoms with Gasteiger partial charge in [-0.3, -0.25) is 4.79 Å². The van der Waals surface area contributed by atoms with Crippen LogP contribution in [0.15, 0.2) is 49.0 Å². The van der Waals surface area contributed by atoms with Crippen molar-refractivity contribution in [2.75, 3.05) is 6.61 Å². The molecule has 0 bridgehead atoms. The highest BCUT2D eigenvalue weighted by molar-refractivity contribution is 6.18. The Morgan fingerprint density at radius 3 is 2.37 bits per heavy atom. The number of carbonyl (C=O) groups is 1. The summed E-state index contributed by atoms with van der Waals surface area (Å²) in [6.07, 6.45) is 0.564. The summed E-state index contributed by atoms with van der Waals surface area (Å²) in [5, 5.41) is 9.00. The van der Waals surface area contributed by atoms with E-state index in [0.717, 1.165) is 22.3 Å². The number of aliphatic hydroxyl groups is 1. The molecule has 0 atom stereocenters. The molecule has 1 N–H and O–H groups in total. The minimum Gasteiger partial charge on any atom is -0.396 e. The number of benzene rings is 2. The van der Waals surface area contributed by atoms with Gasteiger partial charge in [0.2, 0.25) is 0 Å². The van der Waals surface area contributed by atoms with E-state index in [4.69, 9.17) is 5.11 Å². The van der Waals surface area contributed by atoms with Crippen LogP contribution < -0.4 is 0 Å². The summed E-state index contributed by atoms with van der Waals surface area (Å²) in [6, 6.07) is 13.3. The van der Waals surface area contributed by atoms with Crippen molar-refractivity contribution in [1.82, 2.24) is 0 Å². The van der Waals surface area contributed by atoms with Crippen molar-refractivity contribution in [3.63, 3.8) is 0 Å². The third kappa shape index (κ3) is 1.81. The fraction of sp³-hybridized carbons (Fsp3) is 0.118. The highest BCUT2D eigenvalue weighted by atomic mass is 16.2. The molecule has 1 aliphatic carbocycles. The molecule has 0 heterocycles. The van der Waals surface area contributed by atoms with E-state index in [0.29, 0.717) is 17.5 Å². The number of hydrogen-bond acceptors (Lipinski definition) is 2. The second kappa shape index (κ2) is 4.48. The summed E-state index contributed by atoms with van der Waals surface area (Å²) >= 11 is 0. The second-order valence-corrected chi connectivity index (χ2v) is 4.71. The van der Waals surface area contributed by atoms with E-state index in [9.17, 15) is 4.79 Å². The molecule has 0 amide bonds. The van der Waals surface area contributed by atoms with E-state index in [2.05, 4.69) is 6.58 Å². The van der Waals surface area contributed by atoms with E-state index in [-0.39, 0.29) is 12.4 Å². The number of hydrogen-bond donors (Lipinski definition) is 1. The molecule has 0 aromatic heterocycles. The van der Waals surface area contributed by atoms with E-state index in [1.807, 2.05) is 42.5 Å². The largest absolute Gasteiger partial charge is 0.396 e. The SMILES string of the molecule is C=C1c2ccccc2C(=O)c2cc(CCO)ccc21. The fourth-order valence-corrected chi connectivity index (χ4v) is 2.56. The van der Waals surface area contributed by atoms with Crippen LogP contribution in [0.3, 0.4) is 0 Å². The highest BCUT2D eigenvalue weighted by Crippen LogP contribution is 2.34. The zero-order valence-electron chi connectivity index (χ0n) is 10.5. The monoisotopic (exact) mass is 250 g/mol. The molecule has 0 spiro atoms. The Morgan fingerprint density at radius 1 is 0.947 bits per heavy atom. The summed E-state index contributed by atoms with van der Waals surface area (Å²) in [6.45, 7) is 4.19. The molecule has 2 aromatic rings. The van der Waals surface area contributed by atoms with E-state index < -0.39 is 0 Å². The maximum atomic E-state index is 12.5. The van der Waals surface area contributed by atoms with Gasteiger partial charge in [-0.05, 0) is 34.8 Å². The summed E-state index contributed by atoms with van der Waals surface area (Å²) in [7, 11) is 0. The normalized spacial score (nSPS) is 13.1. The lowest BCUT2D eigenvalue weighted by Crippen LogP contribution is -2.14. The van der Waals surface area contributed by atoms with Crippen molar-refractivity contribution in [3.8, 4) is 0 Å². The molecule has 0 fully saturated rings. The predicted molar refractivity (Wildman–Crippen MR) is 75.2 cm³/mol. The molecule has 94 valence electrons. The molecule has 0 saturated heterocycles. The van der Waals surface area contributed by atoms with Gasteiger partial charge < -0.3 is 5.11 Å². The molecule has 2 nitrogen and oxygen atoms in total. The summed E-state index contributed by atoms with van der Waals surface area (Å²) in [5.74, 6) is 0.0396. The van der Waals surface area contributed by atoms with Crippen LogP contribution in [-0.2, 0) is 6.42 Å². The first-order valence-electron chi connectivity index (χ1n) is 6.29. The van der Waals surface area contributed by atoms with Gasteiger partial charge in [0.05, 0.1) is 0 Å². The van der Waals surface area contributed by atoms with Gasteiger partial charge in [0.1, 0.15) is 0 Å². The first kappa shape index (κ1) is 11.9. The lowest BCUT2D eigenvalue weighted by atomic mass is 9.81. The smallest absolute Gasteiger partial charge is 0.194 e. The van der Waals surface area contributed by atoms with Crippen LogP contribution >= 0.6 is 0 Å². The molecule has 0 unspecified atom stereocenters. The molecule has 2 heteroatoms. The maximum absolute atomic E-state index is 12.5. The molecule has 3 rings (SSSR count). The van der Waals surface area contributed by atoms with E-state index in [1.165, 1.54) is 0 Å². The Bertz CT molecular complexity index is 683. The van der Waals surface area contributed by atoms with Crippen LogP contribution in [0.5, 0.6) is 0 Å². The molecule has 1 aliphatic rings. The van der Waals surface area contributed by atoms with Crippen molar-refractivity contribution in [2.24, 2.45) is 0 Å². The van der Waals surface area contributed by atoms with Crippen molar-refractivity contribution in [1.29, 1.82) is 0 Å². The zero-order valence-corrected chi connectivity index (χ0v) is 10.5. The van der Waals surface area contributed by atoms with Crippen LogP contribution in [0.25, 0.3) is 5.57 Å². The number of rotatable bonds is 2. The van der Waals surface area contributed by atoms with Gasteiger partial charge in [-0.15, -0.1) is 0 Å². The minimum absolute atomic E-state index is 0.0396. The Labute approximate surface area is 112 Å². The molecule has 19 heavy (non-hydrogen) atoms. The first-order chi connectivity index (χ1) is 9.22. The molecular formula is C17H14O2. The van der Waals surface area contributed by atoms with Crippen LogP contribution in [-0.4, -0.2) is 17.5 Å². The van der Waals surface area contributed by atoms with Crippen molar-refractivity contribution < 1.29 is 9.90 Å². The molecule has 0 aliphatic heterocycles. The Morgan fingerprint density at radius 2 is 1.63 bits per heavy atom. The van der Waals surface area contributed by atoms with Crippen molar-refractivity contribution in [3.05, 3.63) is 76.9 Å². The second-order valence-electron chi connectivity index (χ2n) is 4.71. The standard InChI is InChI=1S/C17H14O2/c1-11-13-4-2-3-5-15(13)17(19)16-10-12(8-9-18)6-7-14(11)16/h2-7,10,18H,1,8-9H2. The van der Waals surface area contributed by atoms with Crippen molar-refractivity contribution >= 4 is 11.4 Å². The van der Waals surface area contributed by atoms with Crippen LogP contribution in [0.1, 0.15) is 32.6 Å². The Hall–Kier alpha value is -2.19. The van der Waals surface area contributed by atoms with Gasteiger partial charge in [0.25, 0.3) is 0 Å². The molecule has 2 aromatic carbocycles. The van der Waals surface area contributed by atoms with Crippen molar-refractivity contribution in [2.45, 2.75) is 6.42 Å². The quantitative estimate of drug-likeness (QED) is 0.759. The van der Waals surface area contributed by atoms with Gasteiger partial charge in [-0.2, -0.15) is 0 Å². The number of aliphatic hydroxyl groups excluding tert-OH is 1. The molecule has 0 radical (unpaired) electrons. The average Bonchev–Trinajstić information content (AvgIpc) is 2.45. The summed E-state index contributed by atoms with van der Waals surface area (Å²) < 4.78 is 0.